The van der Waals surface area contributed by atoms with E-state index in [1.54, 1.807) is 0 Å². The second-order valence-corrected chi connectivity index (χ2v) is 4.70. The molecular formula is C16H17N3O. The van der Waals surface area contributed by atoms with Crippen LogP contribution in [0.15, 0.2) is 53.3 Å². The maximum atomic E-state index is 5.30. The largest absolute Gasteiger partial charge is 0.443 e. The summed E-state index contributed by atoms with van der Waals surface area (Å²) in [4.78, 5) is 4.11. The van der Waals surface area contributed by atoms with Crippen LogP contribution in [0.25, 0.3) is 11.1 Å². The number of fused-ring (bicyclic) bond motifs is 1. The zero-order valence-corrected chi connectivity index (χ0v) is 11.4. The maximum Gasteiger partial charge on any atom is 0.181 e. The average Bonchev–Trinajstić information content (AvgIpc) is 2.95. The number of hydrogen-bond acceptors (Lipinski definition) is 4. The fraction of sp³-hybridized carbons (Fsp3) is 0.188. The molecule has 0 aliphatic heterocycles. The molecule has 2 N–H and O–H groups in total. The van der Waals surface area contributed by atoms with E-state index >= 15 is 0 Å². The summed E-state index contributed by atoms with van der Waals surface area (Å²) in [6.07, 6.45) is 1.48. The highest BCUT2D eigenvalue weighted by Crippen LogP contribution is 2.14. The summed E-state index contributed by atoms with van der Waals surface area (Å²) in [6.45, 7) is 1.66. The molecular weight excluding hydrogens is 250 g/mol. The third-order valence-corrected chi connectivity index (χ3v) is 3.30. The molecule has 0 aliphatic rings. The van der Waals surface area contributed by atoms with Crippen LogP contribution in [0, 0.1) is 0 Å². The third-order valence-electron chi connectivity index (χ3n) is 3.30. The van der Waals surface area contributed by atoms with Crippen molar-refractivity contribution < 1.29 is 4.42 Å². The molecule has 0 radical (unpaired) electrons. The Morgan fingerprint density at radius 1 is 1.00 bits per heavy atom. The molecule has 0 unspecified atom stereocenters. The van der Waals surface area contributed by atoms with Crippen LogP contribution in [-0.4, -0.2) is 12.0 Å². The second kappa shape index (κ2) is 5.75. The molecule has 102 valence electrons. The van der Waals surface area contributed by atoms with Crippen molar-refractivity contribution in [2.24, 2.45) is 0 Å². The molecule has 2 aromatic carbocycles. The number of anilines is 1. The number of nitrogens with one attached hydrogen (secondary N) is 2. The molecule has 0 aliphatic carbocycles. The average molecular weight is 267 g/mol. The molecule has 0 amide bonds. The van der Waals surface area contributed by atoms with Crippen molar-refractivity contribution >= 4 is 16.8 Å². The van der Waals surface area contributed by atoms with Crippen molar-refractivity contribution in [1.29, 1.82) is 0 Å². The molecule has 1 aromatic heterocycles. The minimum absolute atomic E-state index is 0.810. The van der Waals surface area contributed by atoms with Crippen molar-refractivity contribution in [3.8, 4) is 0 Å². The van der Waals surface area contributed by atoms with E-state index in [0.29, 0.717) is 0 Å². The van der Waals surface area contributed by atoms with Crippen LogP contribution in [0.4, 0.5) is 5.69 Å². The van der Waals surface area contributed by atoms with Gasteiger partial charge < -0.3 is 15.1 Å². The zero-order valence-electron chi connectivity index (χ0n) is 11.4. The zero-order chi connectivity index (χ0) is 13.8. The van der Waals surface area contributed by atoms with Gasteiger partial charge in [-0.1, -0.05) is 18.2 Å². The molecule has 0 saturated heterocycles. The Balaban J connectivity index is 1.58. The van der Waals surface area contributed by atoms with Crippen molar-refractivity contribution in [3.63, 3.8) is 0 Å². The van der Waals surface area contributed by atoms with Gasteiger partial charge in [0.05, 0.1) is 0 Å². The molecule has 1 heterocycles. The highest BCUT2D eigenvalue weighted by atomic mass is 16.3. The fourth-order valence-corrected chi connectivity index (χ4v) is 2.15. The molecule has 4 nitrogen and oxygen atoms in total. The Morgan fingerprint density at radius 2 is 1.75 bits per heavy atom. The van der Waals surface area contributed by atoms with Crippen LogP contribution in [0.2, 0.25) is 0 Å². The van der Waals surface area contributed by atoms with Gasteiger partial charge in [-0.3, -0.25) is 0 Å². The lowest BCUT2D eigenvalue weighted by molar-refractivity contribution is 0.601. The maximum absolute atomic E-state index is 5.30. The first-order valence-electron chi connectivity index (χ1n) is 6.65. The highest BCUT2D eigenvalue weighted by Gasteiger charge is 2.00. The third kappa shape index (κ3) is 2.81. The van der Waals surface area contributed by atoms with Crippen LogP contribution in [0.5, 0.6) is 0 Å². The summed E-state index contributed by atoms with van der Waals surface area (Å²) >= 11 is 0. The first-order chi connectivity index (χ1) is 9.85. The van der Waals surface area contributed by atoms with Crippen LogP contribution in [-0.2, 0) is 13.1 Å². The van der Waals surface area contributed by atoms with Crippen molar-refractivity contribution in [2.45, 2.75) is 13.1 Å². The summed E-state index contributed by atoms with van der Waals surface area (Å²) in [5.74, 6) is 0. The second-order valence-electron chi connectivity index (χ2n) is 4.70. The van der Waals surface area contributed by atoms with Crippen LogP contribution >= 0.6 is 0 Å². The summed E-state index contributed by atoms with van der Waals surface area (Å²) in [7, 11) is 1.92. The van der Waals surface area contributed by atoms with Gasteiger partial charge in [0, 0.05) is 25.8 Å². The van der Waals surface area contributed by atoms with E-state index in [4.69, 9.17) is 4.42 Å². The number of aromatic nitrogens is 1. The minimum Gasteiger partial charge on any atom is -0.443 e. The predicted molar refractivity (Wildman–Crippen MR) is 80.5 cm³/mol. The van der Waals surface area contributed by atoms with Gasteiger partial charge in [-0.25, -0.2) is 4.98 Å². The highest BCUT2D eigenvalue weighted by molar-refractivity contribution is 5.72. The molecule has 0 fully saturated rings. The summed E-state index contributed by atoms with van der Waals surface area (Å²) in [6, 6.07) is 14.5. The van der Waals surface area contributed by atoms with Gasteiger partial charge in [-0.15, -0.1) is 0 Å². The first kappa shape index (κ1) is 12.7. The number of hydrogen-bond donors (Lipinski definition) is 2. The predicted octanol–water partition coefficient (Wildman–Crippen LogP) is 3.16. The van der Waals surface area contributed by atoms with Gasteiger partial charge in [0.1, 0.15) is 5.52 Å². The van der Waals surface area contributed by atoms with E-state index < -0.39 is 0 Å². The van der Waals surface area contributed by atoms with Crippen molar-refractivity contribution in [3.05, 3.63) is 60.0 Å². The van der Waals surface area contributed by atoms with E-state index in [2.05, 4.69) is 45.9 Å². The van der Waals surface area contributed by atoms with E-state index in [1.807, 2.05) is 19.2 Å². The van der Waals surface area contributed by atoms with Gasteiger partial charge in [0.25, 0.3) is 0 Å². The minimum atomic E-state index is 0.810. The lowest BCUT2D eigenvalue weighted by atomic mass is 10.2. The van der Waals surface area contributed by atoms with Gasteiger partial charge in [-0.05, 0) is 35.4 Å². The lowest BCUT2D eigenvalue weighted by Crippen LogP contribution is -2.12. The molecule has 0 spiro atoms. The first-order valence-corrected chi connectivity index (χ1v) is 6.65. The van der Waals surface area contributed by atoms with Crippen molar-refractivity contribution in [2.75, 3.05) is 12.4 Å². The van der Waals surface area contributed by atoms with Crippen LogP contribution in [0.3, 0.4) is 0 Å². The standard InChI is InChI=1S/C16H17N3O/c1-17-14-5-2-12(3-6-14)9-18-10-13-4-7-15-16(8-13)20-11-19-15/h2-8,11,17-18H,9-10H2,1H3. The normalized spacial score (nSPS) is 10.8. The number of nitrogens with zero attached hydrogens (tertiary/aromatic N) is 1. The van der Waals surface area contributed by atoms with E-state index in [-0.39, 0.29) is 0 Å². The van der Waals surface area contributed by atoms with Crippen molar-refractivity contribution in [1.82, 2.24) is 10.3 Å². The SMILES string of the molecule is CNc1ccc(CNCc2ccc3ncoc3c2)cc1. The lowest BCUT2D eigenvalue weighted by Gasteiger charge is -2.06. The van der Waals surface area contributed by atoms with Gasteiger partial charge >= 0.3 is 0 Å². The Morgan fingerprint density at radius 3 is 2.55 bits per heavy atom. The quantitative estimate of drug-likeness (QED) is 0.745. The Kier molecular flexibility index (Phi) is 3.65. The van der Waals surface area contributed by atoms with Crippen LogP contribution < -0.4 is 10.6 Å². The Labute approximate surface area is 117 Å². The Hall–Kier alpha value is -2.33. The van der Waals surface area contributed by atoms with E-state index in [0.717, 1.165) is 29.9 Å². The molecule has 0 saturated carbocycles. The topological polar surface area (TPSA) is 50.1 Å². The van der Waals surface area contributed by atoms with E-state index in [1.165, 1.54) is 17.5 Å². The van der Waals surface area contributed by atoms with E-state index in [9.17, 15) is 0 Å². The smallest absolute Gasteiger partial charge is 0.181 e. The fourth-order valence-electron chi connectivity index (χ4n) is 2.15. The van der Waals surface area contributed by atoms with Gasteiger partial charge in [0.2, 0.25) is 0 Å². The molecule has 3 rings (SSSR count). The number of benzene rings is 2. The number of oxazole rings is 1. The molecule has 0 atom stereocenters. The monoisotopic (exact) mass is 267 g/mol. The summed E-state index contributed by atoms with van der Waals surface area (Å²) < 4.78 is 5.30. The summed E-state index contributed by atoms with van der Waals surface area (Å²) in [5, 5.41) is 6.54. The molecule has 4 heteroatoms. The van der Waals surface area contributed by atoms with Crippen LogP contribution in [0.1, 0.15) is 11.1 Å². The molecule has 3 aromatic rings. The van der Waals surface area contributed by atoms with Gasteiger partial charge in [0.15, 0.2) is 12.0 Å². The number of rotatable bonds is 5. The molecule has 20 heavy (non-hydrogen) atoms. The Bertz CT molecular complexity index is 688. The summed E-state index contributed by atoms with van der Waals surface area (Å²) in [5.41, 5.74) is 5.33. The van der Waals surface area contributed by atoms with Gasteiger partial charge in [-0.2, -0.15) is 0 Å². The molecule has 0 bridgehead atoms.